The molecule has 0 saturated carbocycles. The van der Waals surface area contributed by atoms with Crippen LogP contribution in [0.3, 0.4) is 0 Å². The number of carbonyl (C=O) groups is 3. The van der Waals surface area contributed by atoms with Gasteiger partial charge in [-0.15, -0.1) is 11.8 Å². The summed E-state index contributed by atoms with van der Waals surface area (Å²) >= 11 is 0.844. The van der Waals surface area contributed by atoms with Crippen molar-refractivity contribution in [2.24, 2.45) is 5.73 Å². The van der Waals surface area contributed by atoms with Crippen molar-refractivity contribution in [2.75, 3.05) is 12.8 Å². The molecule has 0 aliphatic rings. The number of thioether (sulfide) groups is 1. The van der Waals surface area contributed by atoms with Gasteiger partial charge in [0.15, 0.2) is 0 Å². The maximum atomic E-state index is 11.0. The van der Waals surface area contributed by atoms with Crippen LogP contribution in [0.1, 0.15) is 6.42 Å². The second-order valence-corrected chi connectivity index (χ2v) is 4.22. The van der Waals surface area contributed by atoms with Gasteiger partial charge in [0, 0.05) is 19.2 Å². The fourth-order valence-electron chi connectivity index (χ4n) is 0.779. The van der Waals surface area contributed by atoms with Gasteiger partial charge in [-0.25, -0.2) is 0 Å². The highest BCUT2D eigenvalue weighted by Gasteiger charge is 2.23. The number of carboxylic acids is 2. The summed E-state index contributed by atoms with van der Waals surface area (Å²) in [5.41, 5.74) is 5.21. The Hall–Kier alpha value is -1.28. The third kappa shape index (κ3) is 5.56. The van der Waals surface area contributed by atoms with Crippen LogP contribution in [-0.2, 0) is 14.4 Å². The Balaban J connectivity index is 4.19. The number of carbonyl (C=O) groups excluding carboxylic acids is 1. The number of aliphatic carboxylic acids is 2. The molecule has 0 rings (SSSR count). The van der Waals surface area contributed by atoms with Crippen molar-refractivity contribution in [3.63, 3.8) is 0 Å². The van der Waals surface area contributed by atoms with Crippen LogP contribution in [0.15, 0.2) is 0 Å². The molecule has 92 valence electrons. The third-order valence-corrected chi connectivity index (χ3v) is 3.04. The van der Waals surface area contributed by atoms with Crippen molar-refractivity contribution in [2.45, 2.75) is 17.7 Å². The Labute approximate surface area is 96.4 Å². The van der Waals surface area contributed by atoms with Crippen molar-refractivity contribution in [1.82, 2.24) is 5.32 Å². The second-order valence-electron chi connectivity index (χ2n) is 2.98. The lowest BCUT2D eigenvalue weighted by Gasteiger charge is -2.12. The fraction of sp³-hybridized carbons (Fsp3) is 0.625. The predicted octanol–water partition coefficient (Wildman–Crippen LogP) is -1.28. The van der Waals surface area contributed by atoms with Gasteiger partial charge < -0.3 is 21.3 Å². The zero-order valence-electron chi connectivity index (χ0n) is 8.67. The molecule has 0 radical (unpaired) electrons. The molecule has 0 aliphatic carbocycles. The highest BCUT2D eigenvalue weighted by molar-refractivity contribution is 8.00. The van der Waals surface area contributed by atoms with Gasteiger partial charge in [0.25, 0.3) is 0 Å². The van der Waals surface area contributed by atoms with Crippen molar-refractivity contribution >= 4 is 29.6 Å². The molecule has 5 N–H and O–H groups in total. The van der Waals surface area contributed by atoms with E-state index in [1.807, 2.05) is 0 Å². The summed E-state index contributed by atoms with van der Waals surface area (Å²) < 4.78 is 0. The van der Waals surface area contributed by atoms with Crippen LogP contribution in [0.5, 0.6) is 0 Å². The molecule has 0 heterocycles. The highest BCUT2D eigenvalue weighted by Crippen LogP contribution is 2.15. The first-order chi connectivity index (χ1) is 7.38. The second kappa shape index (κ2) is 7.07. The summed E-state index contributed by atoms with van der Waals surface area (Å²) in [7, 11) is 1.40. The largest absolute Gasteiger partial charge is 0.480 e. The molecule has 0 aromatic heterocycles. The molecule has 1 amide bonds. The van der Waals surface area contributed by atoms with Gasteiger partial charge in [-0.1, -0.05) is 0 Å². The van der Waals surface area contributed by atoms with Crippen LogP contribution in [0.4, 0.5) is 0 Å². The third-order valence-electron chi connectivity index (χ3n) is 1.72. The summed E-state index contributed by atoms with van der Waals surface area (Å²) in [6.45, 7) is 0. The molecule has 0 spiro atoms. The maximum Gasteiger partial charge on any atom is 0.321 e. The smallest absolute Gasteiger partial charge is 0.321 e. The molecule has 0 bridgehead atoms. The van der Waals surface area contributed by atoms with E-state index < -0.39 is 29.1 Å². The summed E-state index contributed by atoms with van der Waals surface area (Å²) in [6.07, 6.45) is -0.206. The van der Waals surface area contributed by atoms with Crippen LogP contribution < -0.4 is 11.1 Å². The Kier molecular flexibility index (Phi) is 6.50. The molecule has 7 nitrogen and oxygen atoms in total. The number of amides is 1. The van der Waals surface area contributed by atoms with Gasteiger partial charge in [0.2, 0.25) is 5.91 Å². The van der Waals surface area contributed by atoms with Gasteiger partial charge in [-0.2, -0.15) is 0 Å². The Bertz CT molecular complexity index is 284. The normalized spacial score (nSPS) is 13.9. The SMILES string of the molecule is CNC(=O)CC(SCC(N)C(=O)O)C(=O)O. The van der Waals surface area contributed by atoms with Crippen LogP contribution >= 0.6 is 11.8 Å². The average molecular weight is 250 g/mol. The first kappa shape index (κ1) is 14.7. The minimum Gasteiger partial charge on any atom is -0.480 e. The average Bonchev–Trinajstić information content (AvgIpc) is 2.22. The van der Waals surface area contributed by atoms with E-state index in [0.717, 1.165) is 11.8 Å². The van der Waals surface area contributed by atoms with Gasteiger partial charge in [-0.05, 0) is 0 Å². The van der Waals surface area contributed by atoms with E-state index in [1.54, 1.807) is 0 Å². The van der Waals surface area contributed by atoms with Crippen molar-refractivity contribution in [3.8, 4) is 0 Å². The topological polar surface area (TPSA) is 130 Å². The van der Waals surface area contributed by atoms with Crippen LogP contribution in [0, 0.1) is 0 Å². The lowest BCUT2D eigenvalue weighted by atomic mass is 10.3. The van der Waals surface area contributed by atoms with Gasteiger partial charge >= 0.3 is 11.9 Å². The van der Waals surface area contributed by atoms with Crippen LogP contribution in [0.2, 0.25) is 0 Å². The summed E-state index contributed by atoms with van der Waals surface area (Å²) in [5, 5.41) is 18.6. The predicted molar refractivity (Wildman–Crippen MR) is 58.2 cm³/mol. The zero-order valence-corrected chi connectivity index (χ0v) is 9.49. The Morgan fingerprint density at radius 2 is 1.88 bits per heavy atom. The van der Waals surface area contributed by atoms with Gasteiger partial charge in [0.1, 0.15) is 11.3 Å². The van der Waals surface area contributed by atoms with Crippen LogP contribution in [-0.4, -0.2) is 52.2 Å². The molecule has 16 heavy (non-hydrogen) atoms. The first-order valence-electron chi connectivity index (χ1n) is 4.41. The van der Waals surface area contributed by atoms with Gasteiger partial charge in [0.05, 0.1) is 0 Å². The molecular weight excluding hydrogens is 236 g/mol. The van der Waals surface area contributed by atoms with Crippen molar-refractivity contribution < 1.29 is 24.6 Å². The number of nitrogens with one attached hydrogen (secondary N) is 1. The monoisotopic (exact) mass is 250 g/mol. The molecular formula is C8H14N2O5S. The molecule has 0 aromatic rings. The van der Waals surface area contributed by atoms with Crippen LogP contribution in [0.25, 0.3) is 0 Å². The van der Waals surface area contributed by atoms with Crippen molar-refractivity contribution in [1.29, 1.82) is 0 Å². The maximum absolute atomic E-state index is 11.0. The van der Waals surface area contributed by atoms with Gasteiger partial charge in [-0.3, -0.25) is 14.4 Å². The quantitative estimate of drug-likeness (QED) is 0.442. The van der Waals surface area contributed by atoms with Crippen molar-refractivity contribution in [3.05, 3.63) is 0 Å². The highest BCUT2D eigenvalue weighted by atomic mass is 32.2. The first-order valence-corrected chi connectivity index (χ1v) is 5.46. The molecule has 0 saturated heterocycles. The van der Waals surface area contributed by atoms with E-state index in [1.165, 1.54) is 7.05 Å². The Morgan fingerprint density at radius 1 is 1.31 bits per heavy atom. The van der Waals surface area contributed by atoms with E-state index in [4.69, 9.17) is 15.9 Å². The number of hydrogen-bond donors (Lipinski definition) is 4. The number of rotatable bonds is 7. The molecule has 2 unspecified atom stereocenters. The summed E-state index contributed by atoms with van der Waals surface area (Å²) in [5.74, 6) is -2.82. The lowest BCUT2D eigenvalue weighted by molar-refractivity contribution is -0.139. The number of hydrogen-bond acceptors (Lipinski definition) is 5. The Morgan fingerprint density at radius 3 is 2.25 bits per heavy atom. The lowest BCUT2D eigenvalue weighted by Crippen LogP contribution is -2.35. The number of nitrogens with two attached hydrogens (primary N) is 1. The van der Waals surface area contributed by atoms with E-state index in [9.17, 15) is 14.4 Å². The number of carboxylic acid groups (broad SMARTS) is 2. The molecule has 0 aliphatic heterocycles. The molecule has 0 aromatic carbocycles. The molecule has 0 fully saturated rings. The fourth-order valence-corrected chi connectivity index (χ4v) is 1.77. The van der Waals surface area contributed by atoms with E-state index in [2.05, 4.69) is 5.32 Å². The van der Waals surface area contributed by atoms with E-state index >= 15 is 0 Å². The van der Waals surface area contributed by atoms with E-state index in [-0.39, 0.29) is 12.2 Å². The molecule has 8 heteroatoms. The minimum atomic E-state index is -1.20. The molecule has 2 atom stereocenters. The summed E-state index contributed by atoms with van der Waals surface area (Å²) in [6, 6.07) is -1.13. The minimum absolute atomic E-state index is 0.0523. The standard InChI is InChI=1S/C8H14N2O5S/c1-10-6(11)2-5(8(14)15)16-3-4(9)7(12)13/h4-5H,2-3,9H2,1H3,(H,10,11)(H,12,13)(H,14,15). The van der Waals surface area contributed by atoms with E-state index in [0.29, 0.717) is 0 Å². The summed E-state index contributed by atoms with van der Waals surface area (Å²) in [4.78, 5) is 32.1. The zero-order chi connectivity index (χ0) is 12.7.